The van der Waals surface area contributed by atoms with Gasteiger partial charge in [-0.25, -0.2) is 0 Å². The van der Waals surface area contributed by atoms with Gasteiger partial charge in [0.05, 0.1) is 18.2 Å². The van der Waals surface area contributed by atoms with Gasteiger partial charge in [0, 0.05) is 17.8 Å². The van der Waals surface area contributed by atoms with E-state index in [1.165, 1.54) is 6.92 Å². The first-order valence-corrected chi connectivity index (χ1v) is 7.63. The van der Waals surface area contributed by atoms with Crippen molar-refractivity contribution in [3.05, 3.63) is 22.5 Å². The van der Waals surface area contributed by atoms with Crippen molar-refractivity contribution >= 4 is 11.6 Å². The summed E-state index contributed by atoms with van der Waals surface area (Å²) in [6, 6.07) is 0. The van der Waals surface area contributed by atoms with Crippen LogP contribution in [-0.4, -0.2) is 47.3 Å². The van der Waals surface area contributed by atoms with E-state index >= 15 is 0 Å². The number of aromatic amines is 1. The Hall–Kier alpha value is -1.63. The summed E-state index contributed by atoms with van der Waals surface area (Å²) in [5.41, 5.74) is 2.00. The number of hydrogen-bond donors (Lipinski definition) is 1. The number of alkyl halides is 3. The van der Waals surface area contributed by atoms with Crippen molar-refractivity contribution in [3.63, 3.8) is 0 Å². The zero-order chi connectivity index (χ0) is 17.4. The second-order valence-electron chi connectivity index (χ2n) is 6.22. The summed E-state index contributed by atoms with van der Waals surface area (Å²) in [6.45, 7) is 5.09. The molecule has 4 nitrogen and oxygen atoms in total. The number of likely N-dealkylation sites (tertiary alicyclic amines) is 1. The maximum absolute atomic E-state index is 12.8. The standard InChI is InChI=1S/C16H21F3N2O2/c1-9-14(11(3)22)10(2)20-15(9)13(23)8-21-6-4-5-12(7-21)16(17,18)19/h12,20H,4-8H2,1-3H3/t12-/m1/s1. The Morgan fingerprint density at radius 1 is 1.30 bits per heavy atom. The smallest absolute Gasteiger partial charge is 0.355 e. The maximum atomic E-state index is 12.8. The van der Waals surface area contributed by atoms with Crippen molar-refractivity contribution in [2.24, 2.45) is 5.92 Å². The minimum Gasteiger partial charge on any atom is -0.355 e. The molecule has 1 atom stereocenters. The molecule has 7 heteroatoms. The molecule has 1 aromatic rings. The van der Waals surface area contributed by atoms with E-state index in [1.807, 2.05) is 0 Å². The van der Waals surface area contributed by atoms with Gasteiger partial charge < -0.3 is 4.98 Å². The number of nitrogens with zero attached hydrogens (tertiary/aromatic N) is 1. The van der Waals surface area contributed by atoms with Crippen molar-refractivity contribution < 1.29 is 22.8 Å². The molecule has 0 amide bonds. The van der Waals surface area contributed by atoms with Crippen LogP contribution in [0.15, 0.2) is 0 Å². The number of aryl methyl sites for hydroxylation is 1. The van der Waals surface area contributed by atoms with E-state index in [9.17, 15) is 22.8 Å². The number of ketones is 2. The number of aromatic nitrogens is 1. The van der Waals surface area contributed by atoms with E-state index < -0.39 is 12.1 Å². The highest BCUT2D eigenvalue weighted by molar-refractivity contribution is 6.03. The number of H-pyrrole nitrogens is 1. The van der Waals surface area contributed by atoms with Crippen molar-refractivity contribution in [2.45, 2.75) is 39.8 Å². The van der Waals surface area contributed by atoms with E-state index in [4.69, 9.17) is 0 Å². The van der Waals surface area contributed by atoms with E-state index in [2.05, 4.69) is 4.98 Å². The molecular weight excluding hydrogens is 309 g/mol. The van der Waals surface area contributed by atoms with Crippen LogP contribution in [0.2, 0.25) is 0 Å². The molecule has 128 valence electrons. The summed E-state index contributed by atoms with van der Waals surface area (Å²) in [4.78, 5) is 28.5. The molecule has 2 heterocycles. The van der Waals surface area contributed by atoms with Crippen LogP contribution < -0.4 is 0 Å². The Bertz CT molecular complexity index is 620. The molecule has 0 spiro atoms. The van der Waals surface area contributed by atoms with Gasteiger partial charge in [-0.3, -0.25) is 14.5 Å². The molecule has 0 aliphatic carbocycles. The molecule has 1 N–H and O–H groups in total. The van der Waals surface area contributed by atoms with Gasteiger partial charge in [0.25, 0.3) is 0 Å². The predicted molar refractivity (Wildman–Crippen MR) is 79.8 cm³/mol. The Balaban J connectivity index is 2.11. The minimum atomic E-state index is -4.22. The maximum Gasteiger partial charge on any atom is 0.393 e. The summed E-state index contributed by atoms with van der Waals surface area (Å²) >= 11 is 0. The molecule has 0 saturated carbocycles. The van der Waals surface area contributed by atoms with Gasteiger partial charge in [-0.15, -0.1) is 0 Å². The topological polar surface area (TPSA) is 53.2 Å². The van der Waals surface area contributed by atoms with Gasteiger partial charge in [0.1, 0.15) is 0 Å². The number of halogens is 3. The lowest BCUT2D eigenvalue weighted by molar-refractivity contribution is -0.186. The fourth-order valence-electron chi connectivity index (χ4n) is 3.31. The Morgan fingerprint density at radius 2 is 1.96 bits per heavy atom. The monoisotopic (exact) mass is 330 g/mol. The minimum absolute atomic E-state index is 0.0648. The number of carbonyl (C=O) groups excluding carboxylic acids is 2. The first kappa shape index (κ1) is 17.7. The van der Waals surface area contributed by atoms with Gasteiger partial charge >= 0.3 is 6.18 Å². The summed E-state index contributed by atoms with van der Waals surface area (Å²) in [5.74, 6) is -1.78. The fourth-order valence-corrected chi connectivity index (χ4v) is 3.31. The fraction of sp³-hybridized carbons (Fsp3) is 0.625. The van der Waals surface area contributed by atoms with Crippen molar-refractivity contribution in [2.75, 3.05) is 19.6 Å². The molecule has 2 rings (SSSR count). The first-order valence-electron chi connectivity index (χ1n) is 7.63. The normalized spacial score (nSPS) is 19.8. The first-order chi connectivity index (χ1) is 10.6. The molecule has 1 saturated heterocycles. The highest BCUT2D eigenvalue weighted by atomic mass is 19.4. The van der Waals surface area contributed by atoms with Gasteiger partial charge in [0.15, 0.2) is 11.6 Å². The van der Waals surface area contributed by atoms with E-state index in [0.717, 1.165) is 0 Å². The van der Waals surface area contributed by atoms with E-state index in [-0.39, 0.29) is 31.1 Å². The van der Waals surface area contributed by atoms with Crippen LogP contribution >= 0.6 is 0 Å². The quantitative estimate of drug-likeness (QED) is 0.862. The lowest BCUT2D eigenvalue weighted by atomic mass is 9.97. The van der Waals surface area contributed by atoms with Crippen LogP contribution in [0.4, 0.5) is 13.2 Å². The molecule has 1 aromatic heterocycles. The van der Waals surface area contributed by atoms with Crippen LogP contribution in [0.5, 0.6) is 0 Å². The Kier molecular flexibility index (Phi) is 4.98. The highest BCUT2D eigenvalue weighted by Gasteiger charge is 2.42. The molecular formula is C16H21F3N2O2. The molecule has 23 heavy (non-hydrogen) atoms. The molecule has 1 aliphatic rings. The third-order valence-corrected chi connectivity index (χ3v) is 4.40. The zero-order valence-corrected chi connectivity index (χ0v) is 13.5. The SMILES string of the molecule is CC(=O)c1c(C)[nH]c(C(=O)CN2CCC[C@@H](C(F)(F)F)C2)c1C. The third kappa shape index (κ3) is 3.83. The average molecular weight is 330 g/mol. The number of Topliss-reactive ketones (excluding diaryl/α,β-unsaturated/α-hetero) is 2. The Morgan fingerprint density at radius 3 is 2.48 bits per heavy atom. The van der Waals surface area contributed by atoms with Crippen LogP contribution in [0.1, 0.15) is 51.9 Å². The van der Waals surface area contributed by atoms with Gasteiger partial charge in [-0.2, -0.15) is 13.2 Å². The van der Waals surface area contributed by atoms with Gasteiger partial charge in [-0.05, 0) is 45.7 Å². The number of piperidine rings is 1. The zero-order valence-electron chi connectivity index (χ0n) is 13.5. The molecule has 0 bridgehead atoms. The van der Waals surface area contributed by atoms with Gasteiger partial charge in [-0.1, -0.05) is 0 Å². The second-order valence-corrected chi connectivity index (χ2v) is 6.22. The van der Waals surface area contributed by atoms with E-state index in [1.54, 1.807) is 18.7 Å². The number of carbonyl (C=O) groups is 2. The van der Waals surface area contributed by atoms with E-state index in [0.29, 0.717) is 35.5 Å². The van der Waals surface area contributed by atoms with Crippen LogP contribution in [0.3, 0.4) is 0 Å². The largest absolute Gasteiger partial charge is 0.393 e. The lowest BCUT2D eigenvalue weighted by Crippen LogP contribution is -2.43. The Labute approximate surface area is 133 Å². The number of hydrogen-bond acceptors (Lipinski definition) is 3. The molecule has 1 fully saturated rings. The molecule has 0 aromatic carbocycles. The predicted octanol–water partition coefficient (Wildman–Crippen LogP) is 3.29. The lowest BCUT2D eigenvalue weighted by Gasteiger charge is -2.33. The number of rotatable bonds is 4. The molecule has 0 unspecified atom stereocenters. The molecule has 1 aliphatic heterocycles. The van der Waals surface area contributed by atoms with Crippen LogP contribution in [-0.2, 0) is 0 Å². The summed E-state index contributed by atoms with van der Waals surface area (Å²) in [5, 5.41) is 0. The van der Waals surface area contributed by atoms with Crippen molar-refractivity contribution in [3.8, 4) is 0 Å². The average Bonchev–Trinajstić information content (AvgIpc) is 2.73. The third-order valence-electron chi connectivity index (χ3n) is 4.40. The van der Waals surface area contributed by atoms with Gasteiger partial charge in [0.2, 0.25) is 0 Å². The summed E-state index contributed by atoms with van der Waals surface area (Å²) < 4.78 is 38.5. The van der Waals surface area contributed by atoms with Crippen molar-refractivity contribution in [1.29, 1.82) is 0 Å². The number of nitrogens with one attached hydrogen (secondary N) is 1. The van der Waals surface area contributed by atoms with Crippen LogP contribution in [0, 0.1) is 19.8 Å². The summed E-state index contributed by atoms with van der Waals surface area (Å²) in [7, 11) is 0. The summed E-state index contributed by atoms with van der Waals surface area (Å²) in [6.07, 6.45) is -3.68. The van der Waals surface area contributed by atoms with Crippen LogP contribution in [0.25, 0.3) is 0 Å². The highest BCUT2D eigenvalue weighted by Crippen LogP contribution is 2.33. The second kappa shape index (κ2) is 6.47. The molecule has 0 radical (unpaired) electrons. The van der Waals surface area contributed by atoms with Crippen molar-refractivity contribution in [1.82, 2.24) is 9.88 Å².